The third-order valence-corrected chi connectivity index (χ3v) is 5.11. The predicted molar refractivity (Wildman–Crippen MR) is 122 cm³/mol. The van der Waals surface area contributed by atoms with Crippen molar-refractivity contribution in [2.24, 2.45) is 0 Å². The second-order valence-corrected chi connectivity index (χ2v) is 6.95. The minimum Gasteiger partial charge on any atom is -0.497 e. The van der Waals surface area contributed by atoms with E-state index in [-0.39, 0.29) is 11.3 Å². The summed E-state index contributed by atoms with van der Waals surface area (Å²) in [5, 5.41) is 3.12. The lowest BCUT2D eigenvalue weighted by molar-refractivity contribution is -0.120. The molecule has 1 aliphatic heterocycles. The van der Waals surface area contributed by atoms with Gasteiger partial charge in [-0.15, -0.1) is 0 Å². The lowest BCUT2D eigenvalue weighted by atomic mass is 10.0. The normalized spacial score (nSPS) is 13.4. The average Bonchev–Trinajstić information content (AvgIpc) is 3.08. The number of amides is 2. The fraction of sp³-hybridized carbons (Fsp3) is 0.120. The number of methoxy groups -OCH3 is 3. The van der Waals surface area contributed by atoms with E-state index in [9.17, 15) is 9.59 Å². The summed E-state index contributed by atoms with van der Waals surface area (Å²) in [6.45, 7) is 0. The van der Waals surface area contributed by atoms with Crippen molar-refractivity contribution in [2.45, 2.75) is 0 Å². The maximum atomic E-state index is 13.6. The number of anilines is 2. The zero-order valence-corrected chi connectivity index (χ0v) is 17.9. The minimum atomic E-state index is -0.480. The van der Waals surface area contributed by atoms with E-state index in [1.54, 1.807) is 79.9 Å². The molecule has 0 aromatic heterocycles. The predicted octanol–water partition coefficient (Wildman–Crippen LogP) is 4.11. The quantitative estimate of drug-likeness (QED) is 0.569. The van der Waals surface area contributed by atoms with Gasteiger partial charge in [0, 0.05) is 23.4 Å². The molecule has 1 N–H and O–H groups in total. The molecule has 1 aliphatic rings. The molecule has 0 atom stereocenters. The minimum absolute atomic E-state index is 0.149. The fourth-order valence-corrected chi connectivity index (χ4v) is 3.58. The molecule has 0 unspecified atom stereocenters. The van der Waals surface area contributed by atoms with Crippen molar-refractivity contribution in [1.82, 2.24) is 0 Å². The van der Waals surface area contributed by atoms with E-state index in [0.717, 1.165) is 4.90 Å². The van der Waals surface area contributed by atoms with Crippen molar-refractivity contribution in [3.63, 3.8) is 0 Å². The molecule has 3 aromatic carbocycles. The van der Waals surface area contributed by atoms with E-state index in [4.69, 9.17) is 14.2 Å². The van der Waals surface area contributed by atoms with Crippen molar-refractivity contribution in [3.8, 4) is 17.2 Å². The molecule has 3 aromatic rings. The van der Waals surface area contributed by atoms with E-state index in [1.165, 1.54) is 14.2 Å². The smallest absolute Gasteiger partial charge is 0.282 e. The number of rotatable bonds is 7. The van der Waals surface area contributed by atoms with Gasteiger partial charge in [-0.3, -0.25) is 9.59 Å². The summed E-state index contributed by atoms with van der Waals surface area (Å²) < 4.78 is 16.0. The Bertz CT molecular complexity index is 1220. The first-order valence-electron chi connectivity index (χ1n) is 9.89. The number of hydrogen-bond acceptors (Lipinski definition) is 6. The number of carbonyl (C=O) groups excluding carboxylic acids is 2. The number of benzene rings is 3. The highest BCUT2D eigenvalue weighted by atomic mass is 16.5. The molecule has 0 aliphatic carbocycles. The number of imide groups is 1. The summed E-state index contributed by atoms with van der Waals surface area (Å²) in [4.78, 5) is 28.3. The highest BCUT2D eigenvalue weighted by Gasteiger charge is 2.41. The second-order valence-electron chi connectivity index (χ2n) is 6.95. The van der Waals surface area contributed by atoms with Crippen LogP contribution in [0.1, 0.15) is 5.56 Å². The molecule has 0 fully saturated rings. The van der Waals surface area contributed by atoms with Crippen LogP contribution in [0.2, 0.25) is 0 Å². The van der Waals surface area contributed by atoms with E-state index >= 15 is 0 Å². The van der Waals surface area contributed by atoms with E-state index in [1.807, 2.05) is 0 Å². The van der Waals surface area contributed by atoms with E-state index in [2.05, 4.69) is 5.32 Å². The highest BCUT2D eigenvalue weighted by Crippen LogP contribution is 2.38. The number of ether oxygens (including phenoxy) is 3. The van der Waals surface area contributed by atoms with Gasteiger partial charge in [-0.05, 0) is 30.3 Å². The molecule has 4 rings (SSSR count). The van der Waals surface area contributed by atoms with Crippen LogP contribution in [0.5, 0.6) is 17.2 Å². The third kappa shape index (κ3) is 3.76. The van der Waals surface area contributed by atoms with Gasteiger partial charge in [0.1, 0.15) is 22.9 Å². The van der Waals surface area contributed by atoms with Gasteiger partial charge in [-0.25, -0.2) is 4.90 Å². The first-order valence-corrected chi connectivity index (χ1v) is 9.89. The van der Waals surface area contributed by atoms with Gasteiger partial charge in [-0.2, -0.15) is 0 Å². The molecule has 7 nitrogen and oxygen atoms in total. The average molecular weight is 430 g/mol. The van der Waals surface area contributed by atoms with Gasteiger partial charge in [0.05, 0.1) is 32.6 Å². The lowest BCUT2D eigenvalue weighted by Crippen LogP contribution is -2.32. The largest absolute Gasteiger partial charge is 0.497 e. The van der Waals surface area contributed by atoms with Crippen LogP contribution in [0.25, 0.3) is 5.57 Å². The van der Waals surface area contributed by atoms with Crippen molar-refractivity contribution in [3.05, 3.63) is 84.1 Å². The van der Waals surface area contributed by atoms with Crippen LogP contribution in [-0.2, 0) is 9.59 Å². The van der Waals surface area contributed by atoms with Gasteiger partial charge in [0.25, 0.3) is 11.8 Å². The molecule has 162 valence electrons. The highest BCUT2D eigenvalue weighted by molar-refractivity contribution is 6.46. The van der Waals surface area contributed by atoms with Crippen molar-refractivity contribution >= 4 is 28.8 Å². The van der Waals surface area contributed by atoms with Crippen LogP contribution in [0.4, 0.5) is 11.4 Å². The fourth-order valence-electron chi connectivity index (χ4n) is 3.58. The van der Waals surface area contributed by atoms with Gasteiger partial charge in [0.2, 0.25) is 0 Å². The Labute approximate surface area is 185 Å². The third-order valence-electron chi connectivity index (χ3n) is 5.11. The second kappa shape index (κ2) is 8.85. The van der Waals surface area contributed by atoms with Crippen LogP contribution in [0.15, 0.2) is 78.5 Å². The summed E-state index contributed by atoms with van der Waals surface area (Å²) in [6, 6.07) is 21.0. The van der Waals surface area contributed by atoms with Gasteiger partial charge >= 0.3 is 0 Å². The van der Waals surface area contributed by atoms with Crippen LogP contribution in [0.3, 0.4) is 0 Å². The van der Waals surface area contributed by atoms with Crippen molar-refractivity contribution in [1.29, 1.82) is 0 Å². The van der Waals surface area contributed by atoms with Crippen LogP contribution >= 0.6 is 0 Å². The number of para-hydroxylation sites is 1. The first-order chi connectivity index (χ1) is 15.6. The lowest BCUT2D eigenvalue weighted by Gasteiger charge is -2.16. The molecular weight excluding hydrogens is 408 g/mol. The zero-order chi connectivity index (χ0) is 22.7. The summed E-state index contributed by atoms with van der Waals surface area (Å²) in [6.07, 6.45) is 0. The zero-order valence-electron chi connectivity index (χ0n) is 17.9. The summed E-state index contributed by atoms with van der Waals surface area (Å²) in [7, 11) is 4.62. The van der Waals surface area contributed by atoms with Crippen molar-refractivity contribution in [2.75, 3.05) is 31.5 Å². The summed E-state index contributed by atoms with van der Waals surface area (Å²) >= 11 is 0. The maximum absolute atomic E-state index is 13.6. The SMILES string of the molecule is COc1cccc(NC2=C(c3ccccc3OC)C(=O)N(c3cccc(OC)c3)C2=O)c1. The Morgan fingerprint density at radius 3 is 2.12 bits per heavy atom. The molecule has 0 spiro atoms. The monoisotopic (exact) mass is 430 g/mol. The van der Waals surface area contributed by atoms with Gasteiger partial charge < -0.3 is 19.5 Å². The molecular formula is C25H22N2O5. The molecule has 0 bridgehead atoms. The van der Waals surface area contributed by atoms with E-state index in [0.29, 0.717) is 34.2 Å². The van der Waals surface area contributed by atoms with Gasteiger partial charge in [-0.1, -0.05) is 30.3 Å². The Balaban J connectivity index is 1.85. The van der Waals surface area contributed by atoms with Crippen LogP contribution in [-0.4, -0.2) is 33.1 Å². The number of nitrogens with one attached hydrogen (secondary N) is 1. The molecule has 32 heavy (non-hydrogen) atoms. The molecule has 0 radical (unpaired) electrons. The molecule has 2 amide bonds. The van der Waals surface area contributed by atoms with Gasteiger partial charge in [0.15, 0.2) is 0 Å². The van der Waals surface area contributed by atoms with Crippen molar-refractivity contribution < 1.29 is 23.8 Å². The van der Waals surface area contributed by atoms with Crippen LogP contribution < -0.4 is 24.4 Å². The Morgan fingerprint density at radius 2 is 1.41 bits per heavy atom. The molecule has 7 heteroatoms. The Hall–Kier alpha value is -4.26. The maximum Gasteiger partial charge on any atom is 0.282 e. The number of hydrogen-bond donors (Lipinski definition) is 1. The summed E-state index contributed by atoms with van der Waals surface area (Å²) in [5.41, 5.74) is 1.91. The summed E-state index contributed by atoms with van der Waals surface area (Å²) in [5.74, 6) is 0.707. The van der Waals surface area contributed by atoms with Crippen LogP contribution in [0, 0.1) is 0 Å². The Morgan fingerprint density at radius 1 is 0.719 bits per heavy atom. The molecule has 1 heterocycles. The molecule has 0 saturated heterocycles. The number of nitrogens with zero attached hydrogens (tertiary/aromatic N) is 1. The first kappa shape index (κ1) is 21.0. The Kier molecular flexibility index (Phi) is 5.81. The topological polar surface area (TPSA) is 77.1 Å². The standard InChI is InChI=1S/C25H22N2O5/c1-30-18-10-6-8-16(14-18)26-23-22(20-12-4-5-13-21(20)32-3)24(28)27(25(23)29)17-9-7-11-19(15-17)31-2/h4-15,26H,1-3H3. The van der Waals surface area contributed by atoms with E-state index < -0.39 is 11.8 Å². The molecule has 0 saturated carbocycles. The number of carbonyl (C=O) groups is 2.